The lowest BCUT2D eigenvalue weighted by molar-refractivity contribution is -0.128. The average molecular weight is 385 g/mol. The van der Waals surface area contributed by atoms with Gasteiger partial charge in [0.1, 0.15) is 5.75 Å². The van der Waals surface area contributed by atoms with Crippen LogP contribution in [-0.4, -0.2) is 22.9 Å². The number of ether oxygens (including phenoxy) is 1. The predicted octanol–water partition coefficient (Wildman–Crippen LogP) is 3.62. The average Bonchev–Trinajstić information content (AvgIpc) is 2.76. The van der Waals surface area contributed by atoms with E-state index in [2.05, 4.69) is 15.8 Å². The third-order valence-electron chi connectivity index (χ3n) is 4.58. The fraction of sp³-hybridized carbons (Fsp3) is 0.0870. The third-order valence-corrected chi connectivity index (χ3v) is 4.58. The van der Waals surface area contributed by atoms with Crippen LogP contribution in [-0.2, 0) is 4.79 Å². The van der Waals surface area contributed by atoms with E-state index in [1.807, 2.05) is 54.6 Å². The van der Waals surface area contributed by atoms with Crippen LogP contribution >= 0.6 is 0 Å². The van der Waals surface area contributed by atoms with Crippen LogP contribution in [0.3, 0.4) is 0 Å². The summed E-state index contributed by atoms with van der Waals surface area (Å²) in [5.41, 5.74) is 5.79. The lowest BCUT2D eigenvalue weighted by Gasteiger charge is -2.16. The van der Waals surface area contributed by atoms with Crippen LogP contribution in [0.15, 0.2) is 79.0 Å². The van der Waals surface area contributed by atoms with E-state index in [9.17, 15) is 9.59 Å². The first-order chi connectivity index (χ1) is 14.1. The molecule has 2 N–H and O–H groups in total. The van der Waals surface area contributed by atoms with Crippen molar-refractivity contribution < 1.29 is 14.3 Å². The Hall–Kier alpha value is -3.93. The maximum absolute atomic E-state index is 12.5. The molecule has 144 valence electrons. The van der Waals surface area contributed by atoms with Gasteiger partial charge >= 0.3 is 0 Å². The van der Waals surface area contributed by atoms with E-state index in [1.54, 1.807) is 31.3 Å². The zero-order valence-corrected chi connectivity index (χ0v) is 15.8. The van der Waals surface area contributed by atoms with Crippen LogP contribution in [0, 0.1) is 0 Å². The number of carbonyl (C=O) groups excluding carboxylic acids is 2. The number of carbonyl (C=O) groups is 2. The number of aromatic nitrogens is 1. The SMILES string of the molecule is CC(Oc1ccc2ccccc2c1)C(=O)NNC(=O)c1cccc2cccnc12. The Morgan fingerprint density at radius 1 is 0.862 bits per heavy atom. The largest absolute Gasteiger partial charge is 0.481 e. The second kappa shape index (κ2) is 7.98. The third kappa shape index (κ3) is 4.01. The highest BCUT2D eigenvalue weighted by atomic mass is 16.5. The molecule has 1 heterocycles. The molecule has 0 fully saturated rings. The molecule has 0 aliphatic heterocycles. The Kier molecular flexibility index (Phi) is 5.07. The van der Waals surface area contributed by atoms with Crippen LogP contribution in [0.2, 0.25) is 0 Å². The van der Waals surface area contributed by atoms with Crippen molar-refractivity contribution in [3.8, 4) is 5.75 Å². The van der Waals surface area contributed by atoms with Crippen molar-refractivity contribution in [3.63, 3.8) is 0 Å². The van der Waals surface area contributed by atoms with Crippen molar-refractivity contribution in [1.29, 1.82) is 0 Å². The Bertz CT molecular complexity index is 1200. The summed E-state index contributed by atoms with van der Waals surface area (Å²) >= 11 is 0. The molecule has 6 nitrogen and oxygen atoms in total. The number of nitrogens with zero attached hydrogens (tertiary/aromatic N) is 1. The summed E-state index contributed by atoms with van der Waals surface area (Å²) in [6.07, 6.45) is 0.832. The molecule has 0 spiro atoms. The fourth-order valence-corrected chi connectivity index (χ4v) is 3.07. The summed E-state index contributed by atoms with van der Waals surface area (Å²) < 4.78 is 5.72. The summed E-state index contributed by atoms with van der Waals surface area (Å²) in [5.74, 6) is -0.323. The standard InChI is InChI=1S/C23H19N3O3/c1-15(29-19-12-11-16-6-2-3-7-18(16)14-19)22(27)25-26-23(28)20-10-4-8-17-9-5-13-24-21(17)20/h2-15H,1H3,(H,25,27)(H,26,28). The molecule has 1 aromatic heterocycles. The molecule has 0 saturated carbocycles. The number of fused-ring (bicyclic) bond motifs is 2. The summed E-state index contributed by atoms with van der Waals surface area (Å²) in [6, 6.07) is 22.5. The molecule has 6 heteroatoms. The Labute approximate surface area is 167 Å². The highest BCUT2D eigenvalue weighted by Gasteiger charge is 2.17. The van der Waals surface area contributed by atoms with Gasteiger partial charge in [-0.15, -0.1) is 0 Å². The number of benzene rings is 3. The molecule has 4 rings (SSSR count). The van der Waals surface area contributed by atoms with Crippen LogP contribution in [0.1, 0.15) is 17.3 Å². The van der Waals surface area contributed by atoms with Gasteiger partial charge in [-0.05, 0) is 42.0 Å². The number of para-hydroxylation sites is 1. The van der Waals surface area contributed by atoms with Gasteiger partial charge in [-0.25, -0.2) is 0 Å². The van der Waals surface area contributed by atoms with Gasteiger partial charge in [0, 0.05) is 11.6 Å². The van der Waals surface area contributed by atoms with Crippen LogP contribution in [0.5, 0.6) is 5.75 Å². The number of hydrogen-bond acceptors (Lipinski definition) is 4. The Morgan fingerprint density at radius 2 is 1.62 bits per heavy atom. The molecular weight excluding hydrogens is 366 g/mol. The van der Waals surface area contributed by atoms with Crippen LogP contribution in [0.25, 0.3) is 21.7 Å². The fourth-order valence-electron chi connectivity index (χ4n) is 3.07. The van der Waals surface area contributed by atoms with E-state index >= 15 is 0 Å². The summed E-state index contributed by atoms with van der Waals surface area (Å²) in [5, 5.41) is 2.96. The second-order valence-corrected chi connectivity index (χ2v) is 6.59. The zero-order chi connectivity index (χ0) is 20.2. The predicted molar refractivity (Wildman–Crippen MR) is 111 cm³/mol. The van der Waals surface area contributed by atoms with Gasteiger partial charge in [0.25, 0.3) is 11.8 Å². The first kappa shape index (κ1) is 18.4. The number of rotatable bonds is 4. The highest BCUT2D eigenvalue weighted by Crippen LogP contribution is 2.21. The van der Waals surface area contributed by atoms with Crippen molar-refractivity contribution >= 4 is 33.5 Å². The van der Waals surface area contributed by atoms with Crippen molar-refractivity contribution in [2.75, 3.05) is 0 Å². The smallest absolute Gasteiger partial charge is 0.279 e. The highest BCUT2D eigenvalue weighted by molar-refractivity contribution is 6.05. The van der Waals surface area contributed by atoms with Crippen molar-refractivity contribution in [2.24, 2.45) is 0 Å². The first-order valence-electron chi connectivity index (χ1n) is 9.21. The van der Waals surface area contributed by atoms with E-state index in [0.29, 0.717) is 16.8 Å². The lowest BCUT2D eigenvalue weighted by atomic mass is 10.1. The maximum Gasteiger partial charge on any atom is 0.279 e. The van der Waals surface area contributed by atoms with E-state index in [-0.39, 0.29) is 0 Å². The molecule has 1 unspecified atom stereocenters. The Balaban J connectivity index is 1.40. The van der Waals surface area contributed by atoms with Gasteiger partial charge in [0.05, 0.1) is 11.1 Å². The Morgan fingerprint density at radius 3 is 2.48 bits per heavy atom. The minimum absolute atomic E-state index is 0.381. The van der Waals surface area contributed by atoms with E-state index in [1.165, 1.54) is 0 Å². The number of amides is 2. The second-order valence-electron chi connectivity index (χ2n) is 6.59. The van der Waals surface area contributed by atoms with Gasteiger partial charge in [0.15, 0.2) is 6.10 Å². The lowest BCUT2D eigenvalue weighted by Crippen LogP contribution is -2.47. The monoisotopic (exact) mass is 385 g/mol. The van der Waals surface area contributed by atoms with E-state index < -0.39 is 17.9 Å². The molecule has 1 atom stereocenters. The van der Waals surface area contributed by atoms with Crippen molar-refractivity contribution in [3.05, 3.63) is 84.6 Å². The van der Waals surface area contributed by atoms with Gasteiger partial charge in [0.2, 0.25) is 0 Å². The van der Waals surface area contributed by atoms with Gasteiger partial charge in [-0.1, -0.05) is 48.5 Å². The summed E-state index contributed by atoms with van der Waals surface area (Å²) in [6.45, 7) is 1.62. The molecule has 0 bridgehead atoms. The van der Waals surface area contributed by atoms with Crippen LogP contribution in [0.4, 0.5) is 0 Å². The molecule has 4 aromatic rings. The molecule has 29 heavy (non-hydrogen) atoms. The van der Waals surface area contributed by atoms with Crippen LogP contribution < -0.4 is 15.6 Å². The molecule has 0 radical (unpaired) electrons. The van der Waals surface area contributed by atoms with Gasteiger partial charge < -0.3 is 4.74 Å². The molecule has 0 aliphatic carbocycles. The number of hydrogen-bond donors (Lipinski definition) is 2. The van der Waals surface area contributed by atoms with Gasteiger partial charge in [-0.3, -0.25) is 25.4 Å². The minimum Gasteiger partial charge on any atom is -0.481 e. The summed E-state index contributed by atoms with van der Waals surface area (Å²) in [7, 11) is 0. The number of nitrogens with one attached hydrogen (secondary N) is 2. The zero-order valence-electron chi connectivity index (χ0n) is 15.8. The number of hydrazine groups is 1. The molecule has 2 amide bonds. The van der Waals surface area contributed by atoms with E-state index in [4.69, 9.17) is 4.74 Å². The van der Waals surface area contributed by atoms with Crippen molar-refractivity contribution in [2.45, 2.75) is 13.0 Å². The molecular formula is C23H19N3O3. The minimum atomic E-state index is -0.790. The molecule has 0 saturated heterocycles. The first-order valence-corrected chi connectivity index (χ1v) is 9.21. The van der Waals surface area contributed by atoms with E-state index in [0.717, 1.165) is 16.2 Å². The molecule has 0 aliphatic rings. The van der Waals surface area contributed by atoms with Crippen molar-refractivity contribution in [1.82, 2.24) is 15.8 Å². The molecule has 3 aromatic carbocycles. The maximum atomic E-state index is 12.5. The topological polar surface area (TPSA) is 80.3 Å². The quantitative estimate of drug-likeness (QED) is 0.526. The normalized spacial score (nSPS) is 11.8. The van der Waals surface area contributed by atoms with Gasteiger partial charge in [-0.2, -0.15) is 0 Å². The number of pyridine rings is 1. The summed E-state index contributed by atoms with van der Waals surface area (Å²) in [4.78, 5) is 29.1.